The third-order valence-electron chi connectivity index (χ3n) is 2.43. The summed E-state index contributed by atoms with van der Waals surface area (Å²) in [6, 6.07) is 4.48. The van der Waals surface area contributed by atoms with Crippen LogP contribution in [0.2, 0.25) is 0 Å². The zero-order valence-electron chi connectivity index (χ0n) is 8.90. The molecule has 17 heavy (non-hydrogen) atoms. The summed E-state index contributed by atoms with van der Waals surface area (Å²) >= 11 is 2.93. The average Bonchev–Trinajstić information content (AvgIpc) is 2.62. The second kappa shape index (κ2) is 4.29. The topological polar surface area (TPSA) is 69.3 Å². The number of Topliss-reactive ketones (excluding diaryl/α,β-unsaturated/α-hetero) is 2. The van der Waals surface area contributed by atoms with Crippen molar-refractivity contribution >= 4 is 38.6 Å². The normalized spacial score (nSPS) is 10.7. The molecule has 0 atom stereocenters. The van der Waals surface area contributed by atoms with Crippen LogP contribution in [0.1, 0.15) is 10.4 Å². The van der Waals surface area contributed by atoms with Gasteiger partial charge in [-0.3, -0.25) is 14.2 Å². The Hall–Kier alpha value is -1.69. The molecular weight excluding hydrogens is 290 g/mol. The first-order chi connectivity index (χ1) is 8.04. The van der Waals surface area contributed by atoms with E-state index in [1.807, 2.05) is 0 Å². The van der Waals surface area contributed by atoms with Crippen LogP contribution in [-0.2, 0) is 11.8 Å². The van der Waals surface area contributed by atoms with Gasteiger partial charge in [0, 0.05) is 12.6 Å². The fraction of sp³-hybridized carbons (Fsp3) is 0.182. The van der Waals surface area contributed by atoms with Gasteiger partial charge < -0.3 is 4.42 Å². The molecule has 0 saturated heterocycles. The highest BCUT2D eigenvalue weighted by Gasteiger charge is 2.16. The molecule has 0 amide bonds. The van der Waals surface area contributed by atoms with E-state index in [0.717, 1.165) is 0 Å². The summed E-state index contributed by atoms with van der Waals surface area (Å²) in [6.07, 6.45) is 0. The van der Waals surface area contributed by atoms with E-state index in [9.17, 15) is 14.4 Å². The van der Waals surface area contributed by atoms with Crippen LogP contribution in [0, 0.1) is 0 Å². The SMILES string of the molecule is Cn1c(=O)oc2cc(C(=O)C(=O)CBr)ccc21. The molecule has 1 heterocycles. The summed E-state index contributed by atoms with van der Waals surface area (Å²) in [5, 5.41) is -0.0252. The van der Waals surface area contributed by atoms with Crippen molar-refractivity contribution in [3.05, 3.63) is 34.3 Å². The molecule has 1 aromatic heterocycles. The summed E-state index contributed by atoms with van der Waals surface area (Å²) < 4.78 is 6.26. The highest BCUT2D eigenvalue weighted by molar-refractivity contribution is 9.09. The van der Waals surface area contributed by atoms with E-state index in [2.05, 4.69) is 15.9 Å². The second-order valence-corrected chi connectivity index (χ2v) is 4.06. The van der Waals surface area contributed by atoms with Crippen LogP contribution in [-0.4, -0.2) is 21.5 Å². The fourth-order valence-corrected chi connectivity index (χ4v) is 1.75. The molecule has 0 radical (unpaired) electrons. The largest absolute Gasteiger partial charge is 0.419 e. The van der Waals surface area contributed by atoms with Gasteiger partial charge in [-0.25, -0.2) is 4.79 Å². The monoisotopic (exact) mass is 297 g/mol. The number of ketones is 2. The van der Waals surface area contributed by atoms with E-state index >= 15 is 0 Å². The number of carbonyl (C=O) groups is 2. The van der Waals surface area contributed by atoms with E-state index in [1.165, 1.54) is 16.7 Å². The lowest BCUT2D eigenvalue weighted by Crippen LogP contribution is -2.14. The van der Waals surface area contributed by atoms with Crippen LogP contribution >= 0.6 is 15.9 Å². The number of halogens is 1. The van der Waals surface area contributed by atoms with Gasteiger partial charge in [0.05, 0.1) is 10.8 Å². The van der Waals surface area contributed by atoms with Crippen molar-refractivity contribution in [1.29, 1.82) is 0 Å². The maximum Gasteiger partial charge on any atom is 0.419 e. The van der Waals surface area contributed by atoms with Crippen molar-refractivity contribution in [2.75, 3.05) is 5.33 Å². The van der Waals surface area contributed by atoms with Crippen LogP contribution in [0.4, 0.5) is 0 Å². The minimum atomic E-state index is -0.602. The lowest BCUT2D eigenvalue weighted by atomic mass is 10.1. The Balaban J connectivity index is 2.56. The number of oxazole rings is 1. The number of aromatic nitrogens is 1. The molecule has 0 saturated carbocycles. The van der Waals surface area contributed by atoms with Gasteiger partial charge >= 0.3 is 5.76 Å². The maximum atomic E-state index is 11.6. The van der Waals surface area contributed by atoms with Crippen molar-refractivity contribution in [3.8, 4) is 0 Å². The smallest absolute Gasteiger partial charge is 0.408 e. The predicted molar refractivity (Wildman–Crippen MR) is 64.6 cm³/mol. The molecule has 2 aromatic rings. The molecule has 0 fully saturated rings. The quantitative estimate of drug-likeness (QED) is 0.486. The Labute approximate surface area is 104 Å². The summed E-state index contributed by atoms with van der Waals surface area (Å²) in [5.41, 5.74) is 1.10. The number of carbonyl (C=O) groups excluding carboxylic acids is 2. The molecule has 1 aromatic carbocycles. The Bertz CT molecular complexity index is 668. The molecule has 0 aliphatic rings. The number of fused-ring (bicyclic) bond motifs is 1. The van der Waals surface area contributed by atoms with Gasteiger partial charge in [0.15, 0.2) is 5.58 Å². The first kappa shape index (κ1) is 11.8. The Morgan fingerprint density at radius 1 is 1.41 bits per heavy atom. The highest BCUT2D eigenvalue weighted by atomic mass is 79.9. The number of benzene rings is 1. The van der Waals surface area contributed by atoms with Gasteiger partial charge in [0.2, 0.25) is 11.6 Å². The highest BCUT2D eigenvalue weighted by Crippen LogP contribution is 2.15. The van der Waals surface area contributed by atoms with E-state index < -0.39 is 17.3 Å². The lowest BCUT2D eigenvalue weighted by molar-refractivity contribution is -0.112. The number of nitrogens with zero attached hydrogens (tertiary/aromatic N) is 1. The zero-order chi connectivity index (χ0) is 12.6. The Morgan fingerprint density at radius 3 is 2.76 bits per heavy atom. The molecule has 0 bridgehead atoms. The third kappa shape index (κ3) is 1.95. The lowest BCUT2D eigenvalue weighted by Gasteiger charge is -1.97. The minimum absolute atomic E-state index is 0.0252. The van der Waals surface area contributed by atoms with E-state index in [0.29, 0.717) is 11.1 Å². The number of alkyl halides is 1. The molecule has 6 heteroatoms. The van der Waals surface area contributed by atoms with Crippen LogP contribution in [0.15, 0.2) is 27.4 Å². The van der Waals surface area contributed by atoms with Gasteiger partial charge in [-0.15, -0.1) is 0 Å². The molecule has 5 nitrogen and oxygen atoms in total. The van der Waals surface area contributed by atoms with Gasteiger partial charge in [-0.1, -0.05) is 15.9 Å². The van der Waals surface area contributed by atoms with Gasteiger partial charge in [0.1, 0.15) is 0 Å². The number of rotatable bonds is 3. The zero-order valence-corrected chi connectivity index (χ0v) is 10.5. The number of aryl methyl sites for hydroxylation is 1. The van der Waals surface area contributed by atoms with Crippen molar-refractivity contribution in [1.82, 2.24) is 4.57 Å². The Kier molecular flexibility index (Phi) is 2.97. The van der Waals surface area contributed by atoms with Gasteiger partial charge in [0.25, 0.3) is 0 Å². The molecule has 2 rings (SSSR count). The molecule has 0 aliphatic heterocycles. The number of hydrogen-bond acceptors (Lipinski definition) is 4. The first-order valence-corrected chi connectivity index (χ1v) is 5.90. The van der Waals surface area contributed by atoms with Crippen LogP contribution < -0.4 is 5.76 Å². The van der Waals surface area contributed by atoms with Crippen LogP contribution in [0.5, 0.6) is 0 Å². The summed E-state index contributed by atoms with van der Waals surface area (Å²) in [5.74, 6) is -1.64. The number of hydrogen-bond donors (Lipinski definition) is 0. The van der Waals surface area contributed by atoms with Gasteiger partial charge in [-0.2, -0.15) is 0 Å². The fourth-order valence-electron chi connectivity index (χ4n) is 1.50. The van der Waals surface area contributed by atoms with Crippen molar-refractivity contribution in [2.24, 2.45) is 7.05 Å². The van der Waals surface area contributed by atoms with Crippen LogP contribution in [0.3, 0.4) is 0 Å². The molecule has 0 N–H and O–H groups in total. The second-order valence-electron chi connectivity index (χ2n) is 3.50. The van der Waals surface area contributed by atoms with E-state index in [1.54, 1.807) is 13.1 Å². The summed E-state index contributed by atoms with van der Waals surface area (Å²) in [7, 11) is 1.57. The average molecular weight is 298 g/mol. The van der Waals surface area contributed by atoms with E-state index in [-0.39, 0.29) is 10.9 Å². The molecule has 0 aliphatic carbocycles. The Morgan fingerprint density at radius 2 is 2.12 bits per heavy atom. The third-order valence-corrected chi connectivity index (χ3v) is 2.94. The van der Waals surface area contributed by atoms with Crippen molar-refractivity contribution < 1.29 is 14.0 Å². The standard InChI is InChI=1S/C11H8BrNO4/c1-13-7-3-2-6(10(15)8(14)5-12)4-9(7)17-11(13)16/h2-4H,5H2,1H3. The van der Waals surface area contributed by atoms with Crippen molar-refractivity contribution in [2.45, 2.75) is 0 Å². The molecule has 0 unspecified atom stereocenters. The van der Waals surface area contributed by atoms with E-state index in [4.69, 9.17) is 4.42 Å². The molecular formula is C11H8BrNO4. The van der Waals surface area contributed by atoms with Gasteiger partial charge in [-0.05, 0) is 18.2 Å². The van der Waals surface area contributed by atoms with Crippen LogP contribution in [0.25, 0.3) is 11.1 Å². The molecule has 88 valence electrons. The summed E-state index contributed by atoms with van der Waals surface area (Å²) in [4.78, 5) is 34.1. The summed E-state index contributed by atoms with van der Waals surface area (Å²) in [6.45, 7) is 0. The van der Waals surface area contributed by atoms with Crippen molar-refractivity contribution in [3.63, 3.8) is 0 Å². The predicted octanol–water partition coefficient (Wildman–Crippen LogP) is 1.28. The maximum absolute atomic E-state index is 11.6. The first-order valence-electron chi connectivity index (χ1n) is 4.77. The molecule has 0 spiro atoms. The minimum Gasteiger partial charge on any atom is -0.408 e.